The van der Waals surface area contributed by atoms with Crippen molar-refractivity contribution >= 4 is 34.9 Å². The van der Waals surface area contributed by atoms with Crippen molar-refractivity contribution in [2.75, 3.05) is 34.9 Å². The summed E-state index contributed by atoms with van der Waals surface area (Å²) in [5.74, 6) is 3.67. The van der Waals surface area contributed by atoms with Gasteiger partial charge in [-0.1, -0.05) is 0 Å². The van der Waals surface area contributed by atoms with Gasteiger partial charge in [-0.25, -0.2) is 0 Å². The fraction of sp³-hybridized carbons (Fsp3) is 0.417. The molecule has 2 rings (SSSR count). The molecule has 0 radical (unpaired) electrons. The van der Waals surface area contributed by atoms with Crippen molar-refractivity contribution in [1.29, 1.82) is 5.26 Å². The lowest BCUT2D eigenvalue weighted by Gasteiger charge is -2.22. The molecular formula is C12H15N3S2. The van der Waals surface area contributed by atoms with Crippen LogP contribution in [0.15, 0.2) is 18.2 Å². The van der Waals surface area contributed by atoms with Gasteiger partial charge in [-0.05, 0) is 18.2 Å². The molecule has 1 aliphatic rings. The van der Waals surface area contributed by atoms with E-state index < -0.39 is 0 Å². The summed E-state index contributed by atoms with van der Waals surface area (Å²) in [4.78, 5) is 0. The maximum absolute atomic E-state index is 8.84. The second-order valence-electron chi connectivity index (χ2n) is 3.86. The summed E-state index contributed by atoms with van der Waals surface area (Å²) in [7, 11) is 0. The first-order chi connectivity index (χ1) is 8.29. The first-order valence-electron chi connectivity index (χ1n) is 5.52. The van der Waals surface area contributed by atoms with Crippen LogP contribution in [0.3, 0.4) is 0 Å². The number of rotatable bonds is 3. The molecule has 1 fully saturated rings. The second-order valence-corrected chi connectivity index (χ2v) is 6.42. The van der Waals surface area contributed by atoms with Gasteiger partial charge in [0.05, 0.1) is 23.0 Å². The highest BCUT2D eigenvalue weighted by Gasteiger charge is 2.14. The molecule has 1 unspecified atom stereocenters. The fourth-order valence-corrected chi connectivity index (χ4v) is 4.27. The summed E-state index contributed by atoms with van der Waals surface area (Å²) in [6, 6.07) is 7.47. The molecule has 0 aliphatic carbocycles. The predicted octanol–water partition coefficient (Wildman–Crippen LogP) is 2.40. The summed E-state index contributed by atoms with van der Waals surface area (Å²) in [6.07, 6.45) is 0. The van der Waals surface area contributed by atoms with Gasteiger partial charge < -0.3 is 11.1 Å². The van der Waals surface area contributed by atoms with Crippen molar-refractivity contribution in [3.05, 3.63) is 23.8 Å². The molecule has 1 saturated heterocycles. The average molecular weight is 265 g/mol. The third-order valence-corrected chi connectivity index (χ3v) is 5.43. The molecule has 3 N–H and O–H groups in total. The molecule has 1 aromatic carbocycles. The van der Waals surface area contributed by atoms with E-state index in [9.17, 15) is 0 Å². The first-order valence-corrected chi connectivity index (χ1v) is 7.73. The number of nitrogens with one attached hydrogen (secondary N) is 1. The Balaban J connectivity index is 1.95. The van der Waals surface area contributed by atoms with Gasteiger partial charge in [0.15, 0.2) is 0 Å². The smallest absolute Gasteiger partial charge is 0.0992 e. The molecule has 0 bridgehead atoms. The van der Waals surface area contributed by atoms with E-state index in [1.807, 2.05) is 29.6 Å². The third-order valence-electron chi connectivity index (χ3n) is 2.59. The molecule has 1 atom stereocenters. The fourth-order valence-electron chi connectivity index (χ4n) is 1.66. The Kier molecular flexibility index (Phi) is 4.46. The van der Waals surface area contributed by atoms with Gasteiger partial charge in [0.1, 0.15) is 0 Å². The number of hydrogen-bond donors (Lipinski definition) is 2. The molecule has 0 saturated carbocycles. The second kappa shape index (κ2) is 6.08. The molecular weight excluding hydrogens is 250 g/mol. The highest BCUT2D eigenvalue weighted by molar-refractivity contribution is 8.06. The number of nitrogens with two attached hydrogens (primary N) is 1. The van der Waals surface area contributed by atoms with Crippen molar-refractivity contribution in [3.8, 4) is 6.07 Å². The van der Waals surface area contributed by atoms with E-state index in [0.717, 1.165) is 12.2 Å². The molecule has 0 aromatic heterocycles. The number of hydrogen-bond acceptors (Lipinski definition) is 5. The maximum atomic E-state index is 8.84. The van der Waals surface area contributed by atoms with E-state index in [4.69, 9.17) is 11.0 Å². The number of nitrogens with zero attached hydrogens (tertiary/aromatic N) is 1. The van der Waals surface area contributed by atoms with Crippen molar-refractivity contribution < 1.29 is 0 Å². The number of thioether (sulfide) groups is 2. The SMILES string of the molecule is N#Cc1ccc(N)c(NCC2CSCCS2)c1. The number of nitriles is 1. The Labute approximate surface area is 110 Å². The molecule has 3 nitrogen and oxygen atoms in total. The molecule has 0 spiro atoms. The van der Waals surface area contributed by atoms with Crippen LogP contribution in [0.2, 0.25) is 0 Å². The molecule has 1 aromatic rings. The topological polar surface area (TPSA) is 61.8 Å². The van der Waals surface area contributed by atoms with E-state index in [1.165, 1.54) is 17.3 Å². The minimum absolute atomic E-state index is 0.638. The molecule has 1 heterocycles. The normalized spacial score (nSPS) is 19.6. The van der Waals surface area contributed by atoms with E-state index >= 15 is 0 Å². The standard InChI is InChI=1S/C12H15N3S2/c13-6-9-1-2-11(14)12(5-9)15-7-10-8-16-3-4-17-10/h1-2,5,10,15H,3-4,7-8,14H2. The van der Waals surface area contributed by atoms with E-state index in [2.05, 4.69) is 11.4 Å². The summed E-state index contributed by atoms with van der Waals surface area (Å²) in [6.45, 7) is 0.913. The summed E-state index contributed by atoms with van der Waals surface area (Å²) >= 11 is 4.01. The maximum Gasteiger partial charge on any atom is 0.0992 e. The van der Waals surface area contributed by atoms with E-state index in [-0.39, 0.29) is 0 Å². The van der Waals surface area contributed by atoms with Crippen LogP contribution in [0.25, 0.3) is 0 Å². The van der Waals surface area contributed by atoms with Crippen molar-refractivity contribution in [2.24, 2.45) is 0 Å². The zero-order valence-electron chi connectivity index (χ0n) is 9.48. The van der Waals surface area contributed by atoms with Gasteiger partial charge in [-0.3, -0.25) is 0 Å². The first kappa shape index (κ1) is 12.5. The van der Waals surface area contributed by atoms with Crippen LogP contribution in [0, 0.1) is 11.3 Å². The zero-order chi connectivity index (χ0) is 12.1. The minimum Gasteiger partial charge on any atom is -0.397 e. The highest BCUT2D eigenvalue weighted by atomic mass is 32.2. The lowest BCUT2D eigenvalue weighted by molar-refractivity contribution is 1.01. The van der Waals surface area contributed by atoms with E-state index in [1.54, 1.807) is 12.1 Å². The summed E-state index contributed by atoms with van der Waals surface area (Å²) < 4.78 is 0. The van der Waals surface area contributed by atoms with Gasteiger partial charge in [0.2, 0.25) is 0 Å². The molecule has 17 heavy (non-hydrogen) atoms. The monoisotopic (exact) mass is 265 g/mol. The zero-order valence-corrected chi connectivity index (χ0v) is 11.1. The van der Waals surface area contributed by atoms with E-state index in [0.29, 0.717) is 16.5 Å². The Bertz CT molecular complexity index is 422. The van der Waals surface area contributed by atoms with Crippen LogP contribution in [0.1, 0.15) is 5.56 Å². The number of benzene rings is 1. The van der Waals surface area contributed by atoms with Gasteiger partial charge in [-0.15, -0.1) is 0 Å². The lowest BCUT2D eigenvalue weighted by Crippen LogP contribution is -2.23. The Morgan fingerprint density at radius 2 is 2.35 bits per heavy atom. The van der Waals surface area contributed by atoms with Crippen molar-refractivity contribution in [1.82, 2.24) is 0 Å². The van der Waals surface area contributed by atoms with Gasteiger partial charge in [0.25, 0.3) is 0 Å². The van der Waals surface area contributed by atoms with Crippen molar-refractivity contribution in [3.63, 3.8) is 0 Å². The molecule has 90 valence electrons. The van der Waals surface area contributed by atoms with Gasteiger partial charge in [0, 0.05) is 29.1 Å². The average Bonchev–Trinajstić information content (AvgIpc) is 2.39. The largest absolute Gasteiger partial charge is 0.397 e. The predicted molar refractivity (Wildman–Crippen MR) is 77.6 cm³/mol. The third kappa shape index (κ3) is 3.48. The Hall–Kier alpha value is -0.990. The molecule has 5 heteroatoms. The molecule has 0 amide bonds. The minimum atomic E-state index is 0.638. The summed E-state index contributed by atoms with van der Waals surface area (Å²) in [5, 5.41) is 12.8. The summed E-state index contributed by atoms with van der Waals surface area (Å²) in [5.41, 5.74) is 8.10. The quantitative estimate of drug-likeness (QED) is 0.822. The Morgan fingerprint density at radius 1 is 1.47 bits per heavy atom. The van der Waals surface area contributed by atoms with Crippen molar-refractivity contribution in [2.45, 2.75) is 5.25 Å². The van der Waals surface area contributed by atoms with Gasteiger partial charge in [-0.2, -0.15) is 28.8 Å². The van der Waals surface area contributed by atoms with Gasteiger partial charge >= 0.3 is 0 Å². The van der Waals surface area contributed by atoms with Crippen LogP contribution < -0.4 is 11.1 Å². The van der Waals surface area contributed by atoms with Crippen LogP contribution in [-0.2, 0) is 0 Å². The van der Waals surface area contributed by atoms with Crippen LogP contribution in [-0.4, -0.2) is 29.1 Å². The number of nitrogen functional groups attached to an aromatic ring is 1. The van der Waals surface area contributed by atoms with Crippen LogP contribution >= 0.6 is 23.5 Å². The van der Waals surface area contributed by atoms with Crippen LogP contribution in [0.4, 0.5) is 11.4 Å². The lowest BCUT2D eigenvalue weighted by atomic mass is 10.2. The molecule has 1 aliphatic heterocycles. The van der Waals surface area contributed by atoms with Crippen LogP contribution in [0.5, 0.6) is 0 Å². The number of anilines is 2. The Morgan fingerprint density at radius 3 is 3.06 bits per heavy atom. The highest BCUT2D eigenvalue weighted by Crippen LogP contribution is 2.25.